The highest BCUT2D eigenvalue weighted by Gasteiger charge is 2.22. The number of hydrogen-bond donors (Lipinski definition) is 0. The molecule has 3 rings (SSSR count). The van der Waals surface area contributed by atoms with Gasteiger partial charge in [-0.15, -0.1) is 12.3 Å². The van der Waals surface area contributed by atoms with Crippen LogP contribution in [0.5, 0.6) is 0 Å². The third-order valence-corrected chi connectivity index (χ3v) is 3.97. The van der Waals surface area contributed by atoms with Crippen LogP contribution < -0.4 is 0 Å². The minimum absolute atomic E-state index is 0.133. The highest BCUT2D eigenvalue weighted by molar-refractivity contribution is 6.02. The Bertz CT molecular complexity index is 971. The summed E-state index contributed by atoms with van der Waals surface area (Å²) < 4.78 is 7.48. The number of hydrogen-bond acceptors (Lipinski definition) is 5. The van der Waals surface area contributed by atoms with Gasteiger partial charge in [0.25, 0.3) is 0 Å². The molecule has 0 aromatic carbocycles. The number of rotatable bonds is 5. The number of nitrogens with zero attached hydrogens (tertiary/aromatic N) is 4. The minimum Gasteiger partial charge on any atom is -0.451 e. The van der Waals surface area contributed by atoms with Gasteiger partial charge >= 0.3 is 5.97 Å². The smallest absolute Gasteiger partial charge is 0.339 e. The quantitative estimate of drug-likeness (QED) is 0.520. The number of ether oxygens (including phenoxy) is 1. The third-order valence-electron chi connectivity index (χ3n) is 3.97. The van der Waals surface area contributed by atoms with Crippen LogP contribution in [-0.2, 0) is 4.74 Å². The van der Waals surface area contributed by atoms with Crippen LogP contribution in [0.2, 0.25) is 0 Å². The fourth-order valence-electron chi connectivity index (χ4n) is 2.76. The van der Waals surface area contributed by atoms with Crippen molar-refractivity contribution >= 4 is 17.0 Å². The van der Waals surface area contributed by atoms with E-state index in [1.54, 1.807) is 35.3 Å². The first-order valence-corrected chi connectivity index (χ1v) is 8.41. The van der Waals surface area contributed by atoms with Crippen LogP contribution in [0.15, 0.2) is 36.7 Å². The summed E-state index contributed by atoms with van der Waals surface area (Å²) in [4.78, 5) is 21.6. The van der Waals surface area contributed by atoms with E-state index in [-0.39, 0.29) is 12.5 Å². The van der Waals surface area contributed by atoms with E-state index in [1.807, 2.05) is 26.8 Å². The lowest BCUT2D eigenvalue weighted by Crippen LogP contribution is -2.13. The zero-order chi connectivity index (χ0) is 18.7. The molecule has 0 bridgehead atoms. The van der Waals surface area contributed by atoms with Crippen molar-refractivity contribution in [3.8, 4) is 12.3 Å². The predicted molar refractivity (Wildman–Crippen MR) is 98.5 cm³/mol. The number of carbonyl (C=O) groups is 1. The Morgan fingerprint density at radius 1 is 1.38 bits per heavy atom. The summed E-state index contributed by atoms with van der Waals surface area (Å²) in [6.45, 7) is 5.86. The second-order valence-electron chi connectivity index (χ2n) is 6.29. The summed E-state index contributed by atoms with van der Waals surface area (Å²) in [5.74, 6) is 2.08. The van der Waals surface area contributed by atoms with Gasteiger partial charge in [-0.2, -0.15) is 5.10 Å². The molecule has 132 valence electrons. The number of carbonyl (C=O) groups excluding carboxylic acids is 1. The zero-order valence-corrected chi connectivity index (χ0v) is 15.0. The van der Waals surface area contributed by atoms with Crippen LogP contribution in [0.4, 0.5) is 0 Å². The van der Waals surface area contributed by atoms with E-state index in [0.717, 1.165) is 5.69 Å². The molecule has 3 heterocycles. The maximum atomic E-state index is 12.9. The van der Waals surface area contributed by atoms with E-state index >= 15 is 0 Å². The first-order valence-electron chi connectivity index (χ1n) is 8.41. The van der Waals surface area contributed by atoms with Crippen LogP contribution in [-0.4, -0.2) is 25.7 Å². The van der Waals surface area contributed by atoms with Gasteiger partial charge in [0.15, 0.2) is 11.8 Å². The molecule has 0 aliphatic rings. The van der Waals surface area contributed by atoms with Crippen molar-refractivity contribution in [2.75, 3.05) is 0 Å². The molecule has 3 aromatic rings. The van der Waals surface area contributed by atoms with Gasteiger partial charge in [-0.3, -0.25) is 4.98 Å². The SMILES string of the molecule is C#CC[C@H](OC(=O)c1cc(C)nc2c1cnn2C(C)C)c1ccccn1. The number of pyridine rings is 2. The molecule has 6 nitrogen and oxygen atoms in total. The van der Waals surface area contributed by atoms with Crippen molar-refractivity contribution in [3.05, 3.63) is 53.6 Å². The molecule has 0 unspecified atom stereocenters. The molecule has 0 saturated heterocycles. The number of aromatic nitrogens is 4. The Balaban J connectivity index is 1.98. The molecule has 26 heavy (non-hydrogen) atoms. The van der Waals surface area contributed by atoms with E-state index in [0.29, 0.717) is 22.3 Å². The van der Waals surface area contributed by atoms with E-state index in [2.05, 4.69) is 21.0 Å². The number of aryl methyl sites for hydroxylation is 1. The standard InChI is InChI=1S/C20H20N4O2/c1-5-8-18(17-9-6-7-10-21-17)26-20(25)15-11-14(4)23-19-16(15)12-22-24(19)13(2)3/h1,6-7,9-13,18H,8H2,2-4H3/t18-/m0/s1. The topological polar surface area (TPSA) is 69.9 Å². The average Bonchev–Trinajstić information content (AvgIpc) is 3.05. The summed E-state index contributed by atoms with van der Waals surface area (Å²) in [7, 11) is 0. The van der Waals surface area contributed by atoms with Gasteiger partial charge in [0.05, 0.1) is 29.3 Å². The van der Waals surface area contributed by atoms with Crippen LogP contribution in [0.3, 0.4) is 0 Å². The van der Waals surface area contributed by atoms with Crippen molar-refractivity contribution in [2.24, 2.45) is 0 Å². The second-order valence-corrected chi connectivity index (χ2v) is 6.29. The molecule has 1 atom stereocenters. The van der Waals surface area contributed by atoms with Gasteiger partial charge in [0.2, 0.25) is 0 Å². The second kappa shape index (κ2) is 7.36. The molecule has 0 amide bonds. The molecule has 3 aromatic heterocycles. The van der Waals surface area contributed by atoms with Gasteiger partial charge in [-0.25, -0.2) is 14.5 Å². The lowest BCUT2D eigenvalue weighted by atomic mass is 10.1. The molecule has 0 radical (unpaired) electrons. The van der Waals surface area contributed by atoms with Gasteiger partial charge in [-0.05, 0) is 39.0 Å². The highest BCUT2D eigenvalue weighted by Crippen LogP contribution is 2.25. The fourth-order valence-corrected chi connectivity index (χ4v) is 2.76. The summed E-state index contributed by atoms with van der Waals surface area (Å²) in [6.07, 6.45) is 8.39. The van der Waals surface area contributed by atoms with E-state index in [1.165, 1.54) is 0 Å². The van der Waals surface area contributed by atoms with Crippen molar-refractivity contribution < 1.29 is 9.53 Å². The van der Waals surface area contributed by atoms with E-state index < -0.39 is 12.1 Å². The molecular formula is C20H20N4O2. The highest BCUT2D eigenvalue weighted by atomic mass is 16.5. The van der Waals surface area contributed by atoms with Crippen molar-refractivity contribution in [3.63, 3.8) is 0 Å². The maximum Gasteiger partial charge on any atom is 0.339 e. The van der Waals surface area contributed by atoms with Crippen molar-refractivity contribution in [2.45, 2.75) is 39.3 Å². The average molecular weight is 348 g/mol. The molecule has 0 aliphatic carbocycles. The molecule has 0 saturated carbocycles. The summed E-state index contributed by atoms with van der Waals surface area (Å²) >= 11 is 0. The summed E-state index contributed by atoms with van der Waals surface area (Å²) in [6, 6.07) is 7.27. The number of fused-ring (bicyclic) bond motifs is 1. The number of esters is 1. The fraction of sp³-hybridized carbons (Fsp3) is 0.300. The monoisotopic (exact) mass is 348 g/mol. The van der Waals surface area contributed by atoms with Crippen LogP contribution in [0.25, 0.3) is 11.0 Å². The Kier molecular flexibility index (Phi) is 4.99. The first-order chi connectivity index (χ1) is 12.5. The number of terminal acetylenes is 1. The Morgan fingerprint density at radius 3 is 2.85 bits per heavy atom. The third kappa shape index (κ3) is 3.42. The maximum absolute atomic E-state index is 12.9. The van der Waals surface area contributed by atoms with Crippen LogP contribution in [0, 0.1) is 19.3 Å². The molecule has 0 aliphatic heterocycles. The summed E-state index contributed by atoms with van der Waals surface area (Å²) in [5.41, 5.74) is 2.44. The van der Waals surface area contributed by atoms with E-state index in [9.17, 15) is 4.79 Å². The lowest BCUT2D eigenvalue weighted by molar-refractivity contribution is 0.0301. The molecule has 0 fully saturated rings. The van der Waals surface area contributed by atoms with Gasteiger partial charge in [0.1, 0.15) is 0 Å². The minimum atomic E-state index is -0.600. The molecule has 0 N–H and O–H groups in total. The van der Waals surface area contributed by atoms with Gasteiger partial charge in [-0.1, -0.05) is 6.07 Å². The normalized spacial score (nSPS) is 12.1. The van der Waals surface area contributed by atoms with Crippen molar-refractivity contribution in [1.29, 1.82) is 0 Å². The first kappa shape index (κ1) is 17.6. The van der Waals surface area contributed by atoms with Crippen molar-refractivity contribution in [1.82, 2.24) is 19.7 Å². The largest absolute Gasteiger partial charge is 0.451 e. The molecule has 0 spiro atoms. The van der Waals surface area contributed by atoms with E-state index in [4.69, 9.17) is 11.2 Å². The summed E-state index contributed by atoms with van der Waals surface area (Å²) in [5, 5.41) is 5.02. The van der Waals surface area contributed by atoms with Crippen LogP contribution >= 0.6 is 0 Å². The molecular weight excluding hydrogens is 328 g/mol. The lowest BCUT2D eigenvalue weighted by Gasteiger charge is -2.16. The molecule has 6 heteroatoms. The Hall–Kier alpha value is -3.20. The van der Waals surface area contributed by atoms with Crippen LogP contribution in [0.1, 0.15) is 54.2 Å². The Labute approximate surface area is 152 Å². The van der Waals surface area contributed by atoms with Gasteiger partial charge < -0.3 is 4.74 Å². The Morgan fingerprint density at radius 2 is 2.19 bits per heavy atom. The zero-order valence-electron chi connectivity index (χ0n) is 15.0. The van der Waals surface area contributed by atoms with Gasteiger partial charge in [0, 0.05) is 17.9 Å². The predicted octanol–water partition coefficient (Wildman–Crippen LogP) is 3.64.